The molecule has 2 atom stereocenters. The maximum atomic E-state index is 12.5. The number of carbonyl (C=O) groups is 3. The normalized spacial score (nSPS) is 21.5. The Morgan fingerprint density at radius 1 is 1.26 bits per heavy atom. The van der Waals surface area contributed by atoms with Crippen molar-refractivity contribution in [2.45, 2.75) is 25.8 Å². The summed E-state index contributed by atoms with van der Waals surface area (Å²) in [6, 6.07) is 6.02. The minimum absolute atomic E-state index is 0.107. The second-order valence-corrected chi connectivity index (χ2v) is 7.41. The van der Waals surface area contributed by atoms with Crippen LogP contribution >= 0.6 is 0 Å². The summed E-state index contributed by atoms with van der Waals surface area (Å²) in [5.41, 5.74) is 4.07. The van der Waals surface area contributed by atoms with E-state index in [4.69, 9.17) is 4.74 Å². The first kappa shape index (κ1) is 17.7. The Labute approximate surface area is 157 Å². The highest BCUT2D eigenvalue weighted by molar-refractivity contribution is 6.06. The number of hydrogen-bond acceptors (Lipinski definition) is 5. The molecule has 0 spiro atoms. The van der Waals surface area contributed by atoms with Crippen LogP contribution < -0.4 is 0 Å². The van der Waals surface area contributed by atoms with E-state index in [0.29, 0.717) is 6.54 Å². The fraction of sp³-hybridized carbons (Fsp3) is 0.381. The molecule has 0 saturated heterocycles. The van der Waals surface area contributed by atoms with Gasteiger partial charge in [0.05, 0.1) is 25.0 Å². The number of aromatic nitrogens is 1. The standard InChI is InChI=1S/C21H22N2O4/c1-12(24)7-19(25)23-11-13-9-18-16(15-5-4-6-17(23)20(13)15)8-14(10-22(18)2)21(26)27-3/h4-6,8,11,14,18H,7,9-10H2,1-3H3/t14-,18-/m1/s1. The van der Waals surface area contributed by atoms with Crippen LogP contribution in [0.2, 0.25) is 0 Å². The van der Waals surface area contributed by atoms with Gasteiger partial charge in [-0.2, -0.15) is 0 Å². The molecule has 2 heterocycles. The molecule has 0 saturated carbocycles. The third-order valence-electron chi connectivity index (χ3n) is 5.56. The van der Waals surface area contributed by atoms with Gasteiger partial charge in [0.2, 0.25) is 5.91 Å². The van der Waals surface area contributed by atoms with Crippen LogP contribution in [0.1, 0.15) is 29.3 Å². The average molecular weight is 366 g/mol. The van der Waals surface area contributed by atoms with Gasteiger partial charge in [-0.3, -0.25) is 23.9 Å². The van der Waals surface area contributed by atoms with Gasteiger partial charge in [-0.15, -0.1) is 0 Å². The van der Waals surface area contributed by atoms with Gasteiger partial charge in [0.15, 0.2) is 0 Å². The summed E-state index contributed by atoms with van der Waals surface area (Å²) >= 11 is 0. The lowest BCUT2D eigenvalue weighted by molar-refractivity contribution is -0.144. The fourth-order valence-corrected chi connectivity index (χ4v) is 4.36. The molecule has 4 rings (SSSR count). The minimum Gasteiger partial charge on any atom is -0.469 e. The molecule has 0 bridgehead atoms. The maximum absolute atomic E-state index is 12.5. The number of methoxy groups -OCH3 is 1. The molecule has 1 aromatic heterocycles. The molecule has 6 heteroatoms. The molecule has 1 aliphatic heterocycles. The summed E-state index contributed by atoms with van der Waals surface area (Å²) in [5, 5.41) is 1.04. The minimum atomic E-state index is -0.301. The van der Waals surface area contributed by atoms with Crippen molar-refractivity contribution in [1.29, 1.82) is 0 Å². The van der Waals surface area contributed by atoms with Gasteiger partial charge >= 0.3 is 5.97 Å². The zero-order chi connectivity index (χ0) is 19.3. The molecule has 6 nitrogen and oxygen atoms in total. The molecule has 2 aromatic rings. The number of ether oxygens (including phenoxy) is 1. The van der Waals surface area contributed by atoms with E-state index in [-0.39, 0.29) is 36.0 Å². The molecule has 1 aromatic carbocycles. The molecular formula is C21H22N2O4. The van der Waals surface area contributed by atoms with Crippen molar-refractivity contribution >= 4 is 34.1 Å². The van der Waals surface area contributed by atoms with Crippen LogP contribution in [-0.2, 0) is 20.7 Å². The smallest absolute Gasteiger partial charge is 0.313 e. The van der Waals surface area contributed by atoms with Gasteiger partial charge in [-0.05, 0) is 43.2 Å². The summed E-state index contributed by atoms with van der Waals surface area (Å²) < 4.78 is 6.54. The Morgan fingerprint density at radius 2 is 2.04 bits per heavy atom. The van der Waals surface area contributed by atoms with Gasteiger partial charge in [-0.25, -0.2) is 0 Å². The Bertz CT molecular complexity index is 1000. The molecular weight excluding hydrogens is 344 g/mol. The Hall–Kier alpha value is -2.73. The zero-order valence-corrected chi connectivity index (χ0v) is 15.7. The number of ketones is 1. The van der Waals surface area contributed by atoms with Crippen molar-refractivity contribution in [3.8, 4) is 0 Å². The lowest BCUT2D eigenvalue weighted by Gasteiger charge is -2.39. The number of esters is 1. The van der Waals surface area contributed by atoms with Gasteiger partial charge in [-0.1, -0.05) is 18.2 Å². The Balaban J connectivity index is 1.87. The molecule has 27 heavy (non-hydrogen) atoms. The summed E-state index contributed by atoms with van der Waals surface area (Å²) in [5.74, 6) is -0.897. The first-order valence-corrected chi connectivity index (χ1v) is 9.06. The molecule has 1 aliphatic carbocycles. The van der Waals surface area contributed by atoms with Crippen LogP contribution in [0.5, 0.6) is 0 Å². The monoisotopic (exact) mass is 366 g/mol. The molecule has 0 unspecified atom stereocenters. The van der Waals surface area contributed by atoms with Crippen LogP contribution in [0, 0.1) is 5.92 Å². The van der Waals surface area contributed by atoms with Gasteiger partial charge < -0.3 is 4.74 Å². The lowest BCUT2D eigenvalue weighted by atomic mass is 9.80. The molecule has 0 fully saturated rings. The molecule has 0 amide bonds. The van der Waals surface area contributed by atoms with Crippen LogP contribution in [0.4, 0.5) is 0 Å². The van der Waals surface area contributed by atoms with Crippen molar-refractivity contribution in [3.05, 3.63) is 41.6 Å². The number of rotatable bonds is 3. The lowest BCUT2D eigenvalue weighted by Crippen LogP contribution is -2.44. The second kappa shape index (κ2) is 6.46. The first-order chi connectivity index (χ1) is 12.9. The Kier molecular flexibility index (Phi) is 4.23. The average Bonchev–Trinajstić information content (AvgIpc) is 3.01. The predicted molar refractivity (Wildman–Crippen MR) is 101 cm³/mol. The van der Waals surface area contributed by atoms with Gasteiger partial charge in [0.1, 0.15) is 5.78 Å². The van der Waals surface area contributed by atoms with Crippen molar-refractivity contribution in [2.75, 3.05) is 20.7 Å². The quantitative estimate of drug-likeness (QED) is 0.616. The van der Waals surface area contributed by atoms with Crippen molar-refractivity contribution in [2.24, 2.45) is 5.92 Å². The SMILES string of the molecule is COC(=O)[C@@H]1C=C2c3cccc4c3c(cn4C(=O)CC(C)=O)C[C@H]2N(C)C1. The Morgan fingerprint density at radius 3 is 2.74 bits per heavy atom. The number of hydrogen-bond donors (Lipinski definition) is 0. The van der Waals surface area contributed by atoms with E-state index in [2.05, 4.69) is 4.90 Å². The van der Waals surface area contributed by atoms with E-state index in [1.165, 1.54) is 14.0 Å². The van der Waals surface area contributed by atoms with E-state index in [1.807, 2.05) is 37.5 Å². The number of fused-ring (bicyclic) bond motifs is 2. The maximum Gasteiger partial charge on any atom is 0.313 e. The molecule has 0 N–H and O–H groups in total. The third-order valence-corrected chi connectivity index (χ3v) is 5.56. The summed E-state index contributed by atoms with van der Waals surface area (Å²) in [7, 11) is 3.42. The fourth-order valence-electron chi connectivity index (χ4n) is 4.36. The number of nitrogens with zero attached hydrogens (tertiary/aromatic N) is 2. The van der Waals surface area contributed by atoms with E-state index in [9.17, 15) is 14.4 Å². The molecule has 2 aliphatic rings. The van der Waals surface area contributed by atoms with Crippen molar-refractivity contribution in [3.63, 3.8) is 0 Å². The molecule has 140 valence electrons. The topological polar surface area (TPSA) is 68.6 Å². The zero-order valence-electron chi connectivity index (χ0n) is 15.7. The van der Waals surface area contributed by atoms with E-state index < -0.39 is 0 Å². The number of Topliss-reactive ketones (excluding diaryl/α,β-unsaturated/α-hetero) is 1. The highest BCUT2D eigenvalue weighted by Crippen LogP contribution is 2.41. The van der Waals surface area contributed by atoms with E-state index in [1.54, 1.807) is 4.57 Å². The second-order valence-electron chi connectivity index (χ2n) is 7.41. The number of carbonyl (C=O) groups excluding carboxylic acids is 3. The predicted octanol–water partition coefficient (Wildman–Crippen LogP) is 2.30. The van der Waals surface area contributed by atoms with E-state index >= 15 is 0 Å². The third kappa shape index (κ3) is 2.80. The largest absolute Gasteiger partial charge is 0.469 e. The number of likely N-dealkylation sites (N-methyl/N-ethyl adjacent to an activating group) is 1. The summed E-state index contributed by atoms with van der Waals surface area (Å²) in [6.07, 6.45) is 4.55. The van der Waals surface area contributed by atoms with Crippen LogP contribution in [0.25, 0.3) is 16.5 Å². The van der Waals surface area contributed by atoms with E-state index in [0.717, 1.165) is 34.0 Å². The van der Waals surface area contributed by atoms with Crippen LogP contribution in [-0.4, -0.2) is 53.9 Å². The van der Waals surface area contributed by atoms with Crippen molar-refractivity contribution in [1.82, 2.24) is 9.47 Å². The first-order valence-electron chi connectivity index (χ1n) is 9.06. The summed E-state index contributed by atoms with van der Waals surface area (Å²) in [4.78, 5) is 38.2. The number of benzene rings is 1. The van der Waals surface area contributed by atoms with Gasteiger partial charge in [0.25, 0.3) is 0 Å². The van der Waals surface area contributed by atoms with Crippen LogP contribution in [0.3, 0.4) is 0 Å². The van der Waals surface area contributed by atoms with Crippen LogP contribution in [0.15, 0.2) is 30.5 Å². The highest BCUT2D eigenvalue weighted by atomic mass is 16.5. The highest BCUT2D eigenvalue weighted by Gasteiger charge is 2.36. The molecule has 0 radical (unpaired) electrons. The van der Waals surface area contributed by atoms with Gasteiger partial charge in [0, 0.05) is 24.2 Å². The van der Waals surface area contributed by atoms with Crippen molar-refractivity contribution < 1.29 is 19.1 Å². The summed E-state index contributed by atoms with van der Waals surface area (Å²) in [6.45, 7) is 2.03.